The minimum Gasteiger partial charge on any atom is -0.378 e. The van der Waals surface area contributed by atoms with E-state index in [0.29, 0.717) is 25.3 Å². The number of morpholine rings is 1. The van der Waals surface area contributed by atoms with Crippen LogP contribution in [0.25, 0.3) is 0 Å². The fraction of sp³-hybridized carbons (Fsp3) is 0.562. The van der Waals surface area contributed by atoms with Gasteiger partial charge in [0.05, 0.1) is 13.2 Å². The van der Waals surface area contributed by atoms with Crippen molar-refractivity contribution >= 4 is 29.0 Å². The molecule has 0 saturated carbocycles. The molecular weight excluding hydrogens is 317 g/mol. The average Bonchev–Trinajstić information content (AvgIpc) is 2.56. The first-order valence-corrected chi connectivity index (χ1v) is 9.10. The van der Waals surface area contributed by atoms with Crippen molar-refractivity contribution in [3.8, 4) is 0 Å². The van der Waals surface area contributed by atoms with E-state index in [-0.39, 0.29) is 17.8 Å². The number of halogens is 1. The predicted octanol–water partition coefficient (Wildman–Crippen LogP) is 1.70. The third kappa shape index (κ3) is 4.83. The van der Waals surface area contributed by atoms with Gasteiger partial charge in [0, 0.05) is 55.0 Å². The normalized spacial score (nSPS) is 22.0. The first kappa shape index (κ1) is 16.5. The minimum atomic E-state index is -0.337. The Morgan fingerprint density at radius 3 is 2.96 bits per heavy atom. The maximum atomic E-state index is 13.9. The zero-order valence-corrected chi connectivity index (χ0v) is 13.8. The highest BCUT2D eigenvalue weighted by molar-refractivity contribution is 7.99. The van der Waals surface area contributed by atoms with Gasteiger partial charge in [-0.1, -0.05) is 0 Å². The first-order valence-electron chi connectivity index (χ1n) is 7.95. The highest BCUT2D eigenvalue weighted by Gasteiger charge is 2.18. The molecule has 0 aromatic heterocycles. The van der Waals surface area contributed by atoms with Crippen LogP contribution in [0.2, 0.25) is 0 Å². The number of benzene rings is 1. The lowest BCUT2D eigenvalue weighted by Crippen LogP contribution is -2.40. The van der Waals surface area contributed by atoms with E-state index in [4.69, 9.17) is 4.74 Å². The van der Waals surface area contributed by atoms with Crippen molar-refractivity contribution in [1.82, 2.24) is 5.32 Å². The lowest BCUT2D eigenvalue weighted by molar-refractivity contribution is -0.116. The summed E-state index contributed by atoms with van der Waals surface area (Å²) < 4.78 is 19.2. The Hall–Kier alpha value is -1.31. The van der Waals surface area contributed by atoms with Crippen molar-refractivity contribution in [2.24, 2.45) is 0 Å². The number of thioether (sulfide) groups is 1. The summed E-state index contributed by atoms with van der Waals surface area (Å²) in [5, 5.41) is 6.16. The Kier molecular flexibility index (Phi) is 5.75. The molecule has 1 aromatic rings. The molecule has 23 heavy (non-hydrogen) atoms. The summed E-state index contributed by atoms with van der Waals surface area (Å²) in [7, 11) is 0. The van der Waals surface area contributed by atoms with Crippen LogP contribution in [0, 0.1) is 5.82 Å². The Morgan fingerprint density at radius 1 is 1.39 bits per heavy atom. The van der Waals surface area contributed by atoms with Crippen molar-refractivity contribution < 1.29 is 13.9 Å². The second kappa shape index (κ2) is 7.99. The van der Waals surface area contributed by atoms with Gasteiger partial charge in [0.15, 0.2) is 0 Å². The van der Waals surface area contributed by atoms with Crippen molar-refractivity contribution in [3.63, 3.8) is 0 Å². The molecule has 126 valence electrons. The molecule has 2 N–H and O–H groups in total. The number of hydrogen-bond acceptors (Lipinski definition) is 5. The van der Waals surface area contributed by atoms with Crippen LogP contribution in [-0.2, 0) is 9.53 Å². The van der Waals surface area contributed by atoms with Crippen LogP contribution in [-0.4, -0.2) is 56.3 Å². The fourth-order valence-electron chi connectivity index (χ4n) is 2.84. The average molecular weight is 339 g/mol. The van der Waals surface area contributed by atoms with Crippen molar-refractivity contribution in [1.29, 1.82) is 0 Å². The van der Waals surface area contributed by atoms with E-state index in [2.05, 4.69) is 15.5 Å². The van der Waals surface area contributed by atoms with Gasteiger partial charge >= 0.3 is 0 Å². The second-order valence-electron chi connectivity index (χ2n) is 5.78. The van der Waals surface area contributed by atoms with Gasteiger partial charge in [-0.05, 0) is 18.2 Å². The third-order valence-electron chi connectivity index (χ3n) is 3.97. The van der Waals surface area contributed by atoms with E-state index in [1.54, 1.807) is 0 Å². The molecule has 1 atom stereocenters. The molecule has 0 spiro atoms. The van der Waals surface area contributed by atoms with Crippen molar-refractivity contribution in [2.45, 2.75) is 12.5 Å². The molecule has 1 amide bonds. The summed E-state index contributed by atoms with van der Waals surface area (Å²) in [4.78, 5) is 14.2. The Bertz CT molecular complexity index is 546. The summed E-state index contributed by atoms with van der Waals surface area (Å²) in [6.07, 6.45) is 0.413. The molecule has 2 aliphatic rings. The van der Waals surface area contributed by atoms with E-state index in [1.165, 1.54) is 12.1 Å². The summed E-state index contributed by atoms with van der Waals surface area (Å²) in [5.41, 5.74) is 1.30. The maximum Gasteiger partial charge on any atom is 0.225 e. The number of amides is 1. The molecule has 2 aliphatic heterocycles. The second-order valence-corrected chi connectivity index (χ2v) is 6.93. The number of hydrogen-bond donors (Lipinski definition) is 2. The molecule has 0 radical (unpaired) electrons. The molecule has 2 saturated heterocycles. The predicted molar refractivity (Wildman–Crippen MR) is 91.8 cm³/mol. The van der Waals surface area contributed by atoms with E-state index in [1.807, 2.05) is 17.8 Å². The van der Waals surface area contributed by atoms with Gasteiger partial charge in [-0.3, -0.25) is 4.79 Å². The number of carbonyl (C=O) groups is 1. The third-order valence-corrected chi connectivity index (χ3v) is 5.10. The van der Waals surface area contributed by atoms with Crippen molar-refractivity contribution in [3.05, 3.63) is 24.0 Å². The van der Waals surface area contributed by atoms with E-state index < -0.39 is 0 Å². The summed E-state index contributed by atoms with van der Waals surface area (Å²) in [6.45, 7) is 3.69. The fourth-order valence-corrected chi connectivity index (χ4v) is 3.79. The molecule has 0 bridgehead atoms. The Labute approximate surface area is 139 Å². The molecule has 3 rings (SSSR count). The first-order chi connectivity index (χ1) is 11.2. The zero-order chi connectivity index (χ0) is 16.1. The number of rotatable bonds is 4. The topological polar surface area (TPSA) is 53.6 Å². The maximum absolute atomic E-state index is 13.9. The molecule has 1 aromatic carbocycles. The van der Waals surface area contributed by atoms with Gasteiger partial charge in [0.25, 0.3) is 0 Å². The number of nitrogens with one attached hydrogen (secondary N) is 2. The molecule has 0 aliphatic carbocycles. The number of ether oxygens (including phenoxy) is 1. The molecular formula is C16H22FN3O2S. The van der Waals surface area contributed by atoms with E-state index in [0.717, 1.165) is 36.8 Å². The Balaban J connectivity index is 1.62. The highest BCUT2D eigenvalue weighted by Crippen LogP contribution is 2.23. The van der Waals surface area contributed by atoms with Crippen molar-refractivity contribution in [2.75, 3.05) is 54.6 Å². The van der Waals surface area contributed by atoms with Crippen LogP contribution in [0.3, 0.4) is 0 Å². The number of nitrogens with zero attached hydrogens (tertiary/aromatic N) is 1. The van der Waals surface area contributed by atoms with Gasteiger partial charge < -0.3 is 20.3 Å². The lowest BCUT2D eigenvalue weighted by atomic mass is 10.2. The van der Waals surface area contributed by atoms with Crippen LogP contribution in [0.5, 0.6) is 0 Å². The van der Waals surface area contributed by atoms with Gasteiger partial charge in [-0.2, -0.15) is 11.8 Å². The number of carbonyl (C=O) groups excluding carboxylic acids is 1. The van der Waals surface area contributed by atoms with Gasteiger partial charge in [-0.25, -0.2) is 4.39 Å². The molecule has 5 nitrogen and oxygen atoms in total. The number of anilines is 2. The summed E-state index contributed by atoms with van der Waals surface area (Å²) in [6, 6.07) is 4.89. The quantitative estimate of drug-likeness (QED) is 0.874. The lowest BCUT2D eigenvalue weighted by Gasteiger charge is -2.29. The smallest absolute Gasteiger partial charge is 0.225 e. The molecule has 2 fully saturated rings. The van der Waals surface area contributed by atoms with Crippen LogP contribution in [0.1, 0.15) is 6.42 Å². The standard InChI is InChI=1S/C16H22FN3O2S/c17-12-7-13(9-15(8-12)20-2-4-22-5-3-20)19-16(21)10-14-11-23-6-1-18-14/h7-9,14,18H,1-6,10-11H2,(H,19,21). The highest BCUT2D eigenvalue weighted by atomic mass is 32.2. The van der Waals surface area contributed by atoms with Gasteiger partial charge in [-0.15, -0.1) is 0 Å². The summed E-state index contributed by atoms with van der Waals surface area (Å²) >= 11 is 1.85. The summed E-state index contributed by atoms with van der Waals surface area (Å²) in [5.74, 6) is 1.61. The zero-order valence-electron chi connectivity index (χ0n) is 13.0. The van der Waals surface area contributed by atoms with E-state index >= 15 is 0 Å². The SMILES string of the molecule is O=C(CC1CSCCN1)Nc1cc(F)cc(N2CCOCC2)c1. The minimum absolute atomic E-state index is 0.0801. The van der Waals surface area contributed by atoms with Crippen LogP contribution in [0.15, 0.2) is 18.2 Å². The van der Waals surface area contributed by atoms with E-state index in [9.17, 15) is 9.18 Å². The van der Waals surface area contributed by atoms with Gasteiger partial charge in [0.2, 0.25) is 5.91 Å². The Morgan fingerprint density at radius 2 is 2.22 bits per heavy atom. The van der Waals surface area contributed by atoms with Crippen LogP contribution >= 0.6 is 11.8 Å². The van der Waals surface area contributed by atoms with Gasteiger partial charge in [0.1, 0.15) is 5.82 Å². The molecule has 7 heteroatoms. The van der Waals surface area contributed by atoms with Crippen LogP contribution < -0.4 is 15.5 Å². The largest absolute Gasteiger partial charge is 0.378 e. The van der Waals surface area contributed by atoms with Crippen LogP contribution in [0.4, 0.5) is 15.8 Å². The molecule has 2 heterocycles. The monoisotopic (exact) mass is 339 g/mol. The molecule has 1 unspecified atom stereocenters.